The minimum Gasteiger partial charge on any atom is -0.480 e. The number of anilines is 1. The Morgan fingerprint density at radius 2 is 2.05 bits per heavy atom. The summed E-state index contributed by atoms with van der Waals surface area (Å²) >= 11 is 0. The molecule has 104 valence electrons. The smallest absolute Gasteiger partial charge is 0.326 e. The third kappa shape index (κ3) is 3.67. The van der Waals surface area contributed by atoms with E-state index < -0.39 is 18.0 Å². The highest BCUT2D eigenvalue weighted by Crippen LogP contribution is 2.14. The van der Waals surface area contributed by atoms with E-state index in [2.05, 4.69) is 10.3 Å². The van der Waals surface area contributed by atoms with Crippen molar-refractivity contribution in [3.8, 4) is 0 Å². The van der Waals surface area contributed by atoms with E-state index >= 15 is 0 Å². The van der Waals surface area contributed by atoms with Gasteiger partial charge >= 0.3 is 12.0 Å². The highest BCUT2D eigenvalue weighted by Gasteiger charge is 2.24. The molecule has 0 saturated carbocycles. The second kappa shape index (κ2) is 6.17. The Morgan fingerprint density at radius 3 is 2.53 bits per heavy atom. The molecule has 1 aromatic heterocycles. The quantitative estimate of drug-likeness (QED) is 0.872. The molecule has 1 aromatic rings. The van der Waals surface area contributed by atoms with Crippen molar-refractivity contribution in [2.24, 2.45) is 0 Å². The molecule has 0 aliphatic heterocycles. The predicted molar refractivity (Wildman–Crippen MR) is 72.2 cm³/mol. The first-order valence-corrected chi connectivity index (χ1v) is 6.07. The van der Waals surface area contributed by atoms with E-state index in [0.717, 1.165) is 5.69 Å². The zero-order valence-corrected chi connectivity index (χ0v) is 11.6. The van der Waals surface area contributed by atoms with Gasteiger partial charge in [-0.15, -0.1) is 0 Å². The Hall–Kier alpha value is -2.11. The standard InChI is InChI=1S/C13H19N3O3/c1-5-11(12(17)18)16(4)13(19)15-10-7-6-8(2)14-9(10)3/h6-7,11H,5H2,1-4H3,(H,15,19)(H,17,18). The van der Waals surface area contributed by atoms with Crippen LogP contribution in [-0.4, -0.2) is 40.1 Å². The van der Waals surface area contributed by atoms with Crippen LogP contribution in [-0.2, 0) is 4.79 Å². The van der Waals surface area contributed by atoms with Gasteiger partial charge in [-0.2, -0.15) is 0 Å². The first-order valence-electron chi connectivity index (χ1n) is 6.07. The number of amides is 2. The van der Waals surface area contributed by atoms with Crippen molar-refractivity contribution in [2.45, 2.75) is 33.2 Å². The van der Waals surface area contributed by atoms with Gasteiger partial charge in [0, 0.05) is 12.7 Å². The Bertz CT molecular complexity index is 488. The minimum atomic E-state index is -1.01. The molecule has 19 heavy (non-hydrogen) atoms. The maximum absolute atomic E-state index is 12.0. The Kier molecular flexibility index (Phi) is 4.86. The number of pyridine rings is 1. The molecular formula is C13H19N3O3. The molecular weight excluding hydrogens is 246 g/mol. The monoisotopic (exact) mass is 265 g/mol. The highest BCUT2D eigenvalue weighted by molar-refractivity contribution is 5.92. The van der Waals surface area contributed by atoms with Crippen LogP contribution in [0, 0.1) is 13.8 Å². The Labute approximate surface area is 112 Å². The average Bonchev–Trinajstić information content (AvgIpc) is 2.32. The summed E-state index contributed by atoms with van der Waals surface area (Å²) in [5.41, 5.74) is 2.15. The molecule has 2 amide bonds. The maximum Gasteiger partial charge on any atom is 0.326 e. The van der Waals surface area contributed by atoms with Crippen molar-refractivity contribution in [2.75, 3.05) is 12.4 Å². The summed E-state index contributed by atoms with van der Waals surface area (Å²) in [6.45, 7) is 5.38. The molecule has 0 fully saturated rings. The summed E-state index contributed by atoms with van der Waals surface area (Å²) in [7, 11) is 1.47. The van der Waals surface area contributed by atoms with E-state index in [1.54, 1.807) is 26.0 Å². The third-order valence-corrected chi connectivity index (χ3v) is 2.93. The second-order valence-corrected chi connectivity index (χ2v) is 4.39. The lowest BCUT2D eigenvalue weighted by molar-refractivity contribution is -0.141. The normalized spacial score (nSPS) is 11.8. The highest BCUT2D eigenvalue weighted by atomic mass is 16.4. The topological polar surface area (TPSA) is 82.5 Å². The van der Waals surface area contributed by atoms with Gasteiger partial charge in [0.05, 0.1) is 11.4 Å². The van der Waals surface area contributed by atoms with Crippen molar-refractivity contribution in [1.29, 1.82) is 0 Å². The number of carbonyl (C=O) groups excluding carboxylic acids is 1. The first kappa shape index (κ1) is 14.9. The number of carbonyl (C=O) groups is 2. The summed E-state index contributed by atoms with van der Waals surface area (Å²) in [5, 5.41) is 11.7. The Morgan fingerprint density at radius 1 is 1.42 bits per heavy atom. The second-order valence-electron chi connectivity index (χ2n) is 4.39. The lowest BCUT2D eigenvalue weighted by Gasteiger charge is -2.24. The van der Waals surface area contributed by atoms with Gasteiger partial charge in [0.2, 0.25) is 0 Å². The molecule has 0 saturated heterocycles. The van der Waals surface area contributed by atoms with E-state index in [4.69, 9.17) is 5.11 Å². The number of carboxylic acid groups (broad SMARTS) is 1. The molecule has 1 unspecified atom stereocenters. The number of aliphatic carboxylic acids is 1. The summed E-state index contributed by atoms with van der Waals surface area (Å²) in [6, 6.07) is 2.25. The van der Waals surface area contributed by atoms with E-state index in [9.17, 15) is 9.59 Å². The molecule has 2 N–H and O–H groups in total. The zero-order valence-electron chi connectivity index (χ0n) is 11.6. The molecule has 6 heteroatoms. The molecule has 6 nitrogen and oxygen atoms in total. The van der Waals surface area contributed by atoms with E-state index in [1.807, 2.05) is 6.92 Å². The van der Waals surface area contributed by atoms with Gasteiger partial charge < -0.3 is 15.3 Å². The number of urea groups is 1. The van der Waals surface area contributed by atoms with Gasteiger partial charge in [-0.05, 0) is 32.4 Å². The number of rotatable bonds is 4. The van der Waals surface area contributed by atoms with Gasteiger partial charge in [-0.1, -0.05) is 6.92 Å². The summed E-state index contributed by atoms with van der Waals surface area (Å²) in [5.74, 6) is -1.01. The fourth-order valence-corrected chi connectivity index (χ4v) is 1.78. The minimum absolute atomic E-state index is 0.352. The fraction of sp³-hybridized carbons (Fsp3) is 0.462. The number of nitrogens with zero attached hydrogens (tertiary/aromatic N) is 2. The number of nitrogens with one attached hydrogen (secondary N) is 1. The molecule has 1 heterocycles. The molecule has 0 aromatic carbocycles. The molecule has 0 spiro atoms. The number of aryl methyl sites for hydroxylation is 2. The van der Waals surface area contributed by atoms with Crippen molar-refractivity contribution in [3.63, 3.8) is 0 Å². The van der Waals surface area contributed by atoms with E-state index in [-0.39, 0.29) is 0 Å². The van der Waals surface area contributed by atoms with Gasteiger partial charge in [0.15, 0.2) is 0 Å². The summed E-state index contributed by atoms with van der Waals surface area (Å²) in [6.07, 6.45) is 0.352. The number of hydrogen-bond donors (Lipinski definition) is 2. The predicted octanol–water partition coefficient (Wildman–Crippen LogP) is 2.03. The van der Waals surface area contributed by atoms with Crippen LogP contribution in [0.4, 0.5) is 10.5 Å². The van der Waals surface area contributed by atoms with Crippen LogP contribution < -0.4 is 5.32 Å². The van der Waals surface area contributed by atoms with Crippen LogP contribution in [0.5, 0.6) is 0 Å². The van der Waals surface area contributed by atoms with Crippen molar-refractivity contribution < 1.29 is 14.7 Å². The number of aromatic nitrogens is 1. The van der Waals surface area contributed by atoms with Crippen molar-refractivity contribution in [3.05, 3.63) is 23.5 Å². The molecule has 1 rings (SSSR count). The lowest BCUT2D eigenvalue weighted by Crippen LogP contribution is -2.44. The summed E-state index contributed by atoms with van der Waals surface area (Å²) in [4.78, 5) is 28.4. The molecule has 0 aliphatic rings. The third-order valence-electron chi connectivity index (χ3n) is 2.93. The molecule has 0 radical (unpaired) electrons. The van der Waals surface area contributed by atoms with Crippen LogP contribution in [0.15, 0.2) is 12.1 Å². The van der Waals surface area contributed by atoms with Crippen LogP contribution in [0.25, 0.3) is 0 Å². The van der Waals surface area contributed by atoms with E-state index in [1.165, 1.54) is 11.9 Å². The van der Waals surface area contributed by atoms with Crippen LogP contribution >= 0.6 is 0 Å². The largest absolute Gasteiger partial charge is 0.480 e. The number of likely N-dealkylation sites (N-methyl/N-ethyl adjacent to an activating group) is 1. The average molecular weight is 265 g/mol. The van der Waals surface area contributed by atoms with Gasteiger partial charge in [0.25, 0.3) is 0 Å². The molecule has 0 bridgehead atoms. The zero-order chi connectivity index (χ0) is 14.6. The fourth-order valence-electron chi connectivity index (χ4n) is 1.78. The number of carboxylic acids is 1. The van der Waals surface area contributed by atoms with Crippen LogP contribution in [0.3, 0.4) is 0 Å². The lowest BCUT2D eigenvalue weighted by atomic mass is 10.2. The molecule has 1 atom stereocenters. The maximum atomic E-state index is 12.0. The van der Waals surface area contributed by atoms with Crippen molar-refractivity contribution >= 4 is 17.7 Å². The molecule has 0 aliphatic carbocycles. The van der Waals surface area contributed by atoms with Gasteiger partial charge in [-0.3, -0.25) is 4.98 Å². The SMILES string of the molecule is CCC(C(=O)O)N(C)C(=O)Nc1ccc(C)nc1C. The van der Waals surface area contributed by atoms with Crippen LogP contribution in [0.1, 0.15) is 24.7 Å². The van der Waals surface area contributed by atoms with Crippen molar-refractivity contribution in [1.82, 2.24) is 9.88 Å². The summed E-state index contributed by atoms with van der Waals surface area (Å²) < 4.78 is 0. The van der Waals surface area contributed by atoms with E-state index in [0.29, 0.717) is 17.8 Å². The van der Waals surface area contributed by atoms with Gasteiger partial charge in [0.1, 0.15) is 6.04 Å². The van der Waals surface area contributed by atoms with Gasteiger partial charge in [-0.25, -0.2) is 9.59 Å². The number of hydrogen-bond acceptors (Lipinski definition) is 3. The Balaban J connectivity index is 2.81. The first-order chi connectivity index (χ1) is 8.86. The van der Waals surface area contributed by atoms with Crippen LogP contribution in [0.2, 0.25) is 0 Å².